The number of unbranched alkanes of at least 4 members (excludes halogenated alkanes) is 1. The molecule has 0 atom stereocenters. The molecule has 0 bridgehead atoms. The van der Waals surface area contributed by atoms with Crippen molar-refractivity contribution in [2.24, 2.45) is 0 Å². The van der Waals surface area contributed by atoms with E-state index in [1.807, 2.05) is 32.2 Å². The number of carbonyl (C=O) groups is 1. The maximum atomic E-state index is 11.9. The highest BCUT2D eigenvalue weighted by atomic mass is 16.5. The number of pyridine rings is 1. The van der Waals surface area contributed by atoms with Crippen LogP contribution in [0.5, 0.6) is 17.2 Å². The van der Waals surface area contributed by atoms with Gasteiger partial charge in [-0.05, 0) is 57.2 Å². The number of nitrogens with zero attached hydrogens (tertiary/aromatic N) is 1. The Hall–Kier alpha value is -3.02. The first-order chi connectivity index (χ1) is 13.9. The fourth-order valence-corrected chi connectivity index (χ4v) is 3.47. The monoisotopic (exact) mass is 399 g/mol. The Balaban J connectivity index is 2.29. The van der Waals surface area contributed by atoms with E-state index in [0.29, 0.717) is 34.8 Å². The first-order valence-corrected chi connectivity index (χ1v) is 9.56. The summed E-state index contributed by atoms with van der Waals surface area (Å²) < 4.78 is 16.6. The molecule has 156 valence electrons. The van der Waals surface area contributed by atoms with Crippen molar-refractivity contribution in [3.05, 3.63) is 52.4 Å². The number of ether oxygens (including phenoxy) is 3. The predicted molar refractivity (Wildman–Crippen MR) is 113 cm³/mol. The third-order valence-electron chi connectivity index (χ3n) is 4.97. The minimum Gasteiger partial charge on any atom is -0.496 e. The van der Waals surface area contributed by atoms with E-state index in [1.165, 1.54) is 0 Å². The van der Waals surface area contributed by atoms with Crippen LogP contribution in [0.3, 0.4) is 0 Å². The number of methoxy groups -OCH3 is 3. The summed E-state index contributed by atoms with van der Waals surface area (Å²) in [6.07, 6.45) is 8.27. The van der Waals surface area contributed by atoms with Crippen LogP contribution in [-0.2, 0) is 11.2 Å². The van der Waals surface area contributed by atoms with Crippen LogP contribution in [0.4, 0.5) is 0 Å². The van der Waals surface area contributed by atoms with E-state index in [4.69, 9.17) is 14.2 Å². The molecule has 0 saturated carbocycles. The zero-order chi connectivity index (χ0) is 21.4. The molecule has 2 aromatic rings. The van der Waals surface area contributed by atoms with Crippen LogP contribution < -0.4 is 14.2 Å². The lowest BCUT2D eigenvalue weighted by Crippen LogP contribution is -2.05. The molecule has 0 fully saturated rings. The van der Waals surface area contributed by atoms with Crippen LogP contribution >= 0.6 is 0 Å². The van der Waals surface area contributed by atoms with Crippen LogP contribution in [0.15, 0.2) is 30.1 Å². The lowest BCUT2D eigenvalue weighted by molar-refractivity contribution is -0.132. The molecule has 0 aliphatic carbocycles. The number of benzene rings is 1. The van der Waals surface area contributed by atoms with Gasteiger partial charge in [0.2, 0.25) is 0 Å². The minimum atomic E-state index is -0.930. The van der Waals surface area contributed by atoms with Crippen LogP contribution in [0.1, 0.15) is 41.5 Å². The van der Waals surface area contributed by atoms with E-state index in [0.717, 1.165) is 36.0 Å². The minimum absolute atomic E-state index is 0.337. The van der Waals surface area contributed by atoms with E-state index >= 15 is 0 Å². The van der Waals surface area contributed by atoms with Gasteiger partial charge in [-0.3, -0.25) is 4.98 Å². The Morgan fingerprint density at radius 3 is 2.24 bits per heavy atom. The van der Waals surface area contributed by atoms with Crippen molar-refractivity contribution in [1.82, 2.24) is 4.98 Å². The molecule has 1 N–H and O–H groups in total. The van der Waals surface area contributed by atoms with Gasteiger partial charge in [-0.2, -0.15) is 0 Å². The van der Waals surface area contributed by atoms with E-state index in [9.17, 15) is 9.90 Å². The van der Waals surface area contributed by atoms with E-state index in [1.54, 1.807) is 33.6 Å². The summed E-state index contributed by atoms with van der Waals surface area (Å²) >= 11 is 0. The molecule has 29 heavy (non-hydrogen) atoms. The molecule has 0 amide bonds. The van der Waals surface area contributed by atoms with Gasteiger partial charge in [0.1, 0.15) is 5.75 Å². The number of aliphatic carboxylic acids is 1. The van der Waals surface area contributed by atoms with Crippen molar-refractivity contribution in [1.29, 1.82) is 0 Å². The highest BCUT2D eigenvalue weighted by molar-refractivity contribution is 5.93. The third-order valence-corrected chi connectivity index (χ3v) is 4.97. The molecular weight excluding hydrogens is 370 g/mol. The lowest BCUT2D eigenvalue weighted by Gasteiger charge is -2.20. The van der Waals surface area contributed by atoms with Gasteiger partial charge >= 0.3 is 5.97 Å². The molecular formula is C23H29NO5. The standard InChI is InChI=1S/C23H29NO5/c1-15-19(20(27-3)16(2)22(29-5)21(15)28-4)13-18(23(25)26)11-7-6-9-17-10-8-12-24-14-17/h8,10,12-14H,6-7,9,11H2,1-5H3,(H,25,26)/b18-13+. The van der Waals surface area contributed by atoms with Crippen molar-refractivity contribution in [2.75, 3.05) is 21.3 Å². The summed E-state index contributed by atoms with van der Waals surface area (Å²) in [4.78, 5) is 16.0. The van der Waals surface area contributed by atoms with Crippen molar-refractivity contribution >= 4 is 12.0 Å². The number of hydrogen-bond donors (Lipinski definition) is 1. The Morgan fingerprint density at radius 1 is 1.03 bits per heavy atom. The number of carboxylic acid groups (broad SMARTS) is 1. The number of carboxylic acids is 1. The summed E-state index contributed by atoms with van der Waals surface area (Å²) in [7, 11) is 4.71. The largest absolute Gasteiger partial charge is 0.496 e. The first-order valence-electron chi connectivity index (χ1n) is 9.56. The average molecular weight is 399 g/mol. The summed E-state index contributed by atoms with van der Waals surface area (Å²) in [6, 6.07) is 3.94. The summed E-state index contributed by atoms with van der Waals surface area (Å²) in [5.74, 6) is 0.834. The molecule has 0 aliphatic rings. The van der Waals surface area contributed by atoms with Crippen LogP contribution in [0.2, 0.25) is 0 Å². The first kappa shape index (κ1) is 22.3. The molecule has 0 spiro atoms. The molecule has 6 heteroatoms. The normalized spacial score (nSPS) is 11.3. The number of aromatic nitrogens is 1. The molecule has 0 unspecified atom stereocenters. The third kappa shape index (κ3) is 5.28. The number of hydrogen-bond acceptors (Lipinski definition) is 5. The molecule has 1 aromatic carbocycles. The molecule has 2 rings (SSSR count). The maximum Gasteiger partial charge on any atom is 0.331 e. The zero-order valence-corrected chi connectivity index (χ0v) is 17.7. The second-order valence-corrected chi connectivity index (χ2v) is 6.81. The zero-order valence-electron chi connectivity index (χ0n) is 17.7. The van der Waals surface area contributed by atoms with Gasteiger partial charge in [0, 0.05) is 34.7 Å². The van der Waals surface area contributed by atoms with Gasteiger partial charge in [0.25, 0.3) is 0 Å². The molecule has 0 saturated heterocycles. The highest BCUT2D eigenvalue weighted by Gasteiger charge is 2.22. The van der Waals surface area contributed by atoms with Gasteiger partial charge in [-0.15, -0.1) is 0 Å². The topological polar surface area (TPSA) is 77.9 Å². The maximum absolute atomic E-state index is 11.9. The lowest BCUT2D eigenvalue weighted by atomic mass is 9.96. The molecule has 0 aliphatic heterocycles. The van der Waals surface area contributed by atoms with Crippen molar-refractivity contribution in [2.45, 2.75) is 39.5 Å². The molecule has 0 radical (unpaired) electrons. The van der Waals surface area contributed by atoms with Crippen molar-refractivity contribution in [3.63, 3.8) is 0 Å². The summed E-state index contributed by atoms with van der Waals surface area (Å²) in [6.45, 7) is 3.74. The van der Waals surface area contributed by atoms with E-state index < -0.39 is 5.97 Å². The van der Waals surface area contributed by atoms with Crippen LogP contribution in [0, 0.1) is 13.8 Å². The Morgan fingerprint density at radius 2 is 1.69 bits per heavy atom. The average Bonchev–Trinajstić information content (AvgIpc) is 2.72. The van der Waals surface area contributed by atoms with Crippen LogP contribution in [-0.4, -0.2) is 37.4 Å². The van der Waals surface area contributed by atoms with Crippen molar-refractivity contribution in [3.8, 4) is 17.2 Å². The Bertz CT molecular complexity index is 875. The van der Waals surface area contributed by atoms with E-state index in [-0.39, 0.29) is 0 Å². The van der Waals surface area contributed by atoms with Gasteiger partial charge in [-0.25, -0.2) is 4.79 Å². The Kier molecular flexibility index (Phi) is 8.07. The van der Waals surface area contributed by atoms with Crippen LogP contribution in [0.25, 0.3) is 6.08 Å². The second-order valence-electron chi connectivity index (χ2n) is 6.81. The Labute approximate surface area is 172 Å². The molecule has 6 nitrogen and oxygen atoms in total. The molecule has 1 heterocycles. The fourth-order valence-electron chi connectivity index (χ4n) is 3.47. The quantitative estimate of drug-likeness (QED) is 0.464. The van der Waals surface area contributed by atoms with Gasteiger partial charge in [0.05, 0.1) is 21.3 Å². The second kappa shape index (κ2) is 10.5. The summed E-state index contributed by atoms with van der Waals surface area (Å²) in [5, 5.41) is 9.73. The number of aryl methyl sites for hydroxylation is 1. The summed E-state index contributed by atoms with van der Waals surface area (Å²) in [5.41, 5.74) is 3.74. The van der Waals surface area contributed by atoms with Crippen molar-refractivity contribution < 1.29 is 24.1 Å². The smallest absolute Gasteiger partial charge is 0.331 e. The van der Waals surface area contributed by atoms with Gasteiger partial charge < -0.3 is 19.3 Å². The van der Waals surface area contributed by atoms with E-state index in [2.05, 4.69) is 4.98 Å². The SMILES string of the molecule is COc1c(C)c(OC)c(OC)c(C)c1/C=C(\CCCCc1cccnc1)C(=O)O. The fraction of sp³-hybridized carbons (Fsp3) is 0.391. The van der Waals surface area contributed by atoms with Gasteiger partial charge in [0.15, 0.2) is 11.5 Å². The van der Waals surface area contributed by atoms with Gasteiger partial charge in [-0.1, -0.05) is 6.07 Å². The highest BCUT2D eigenvalue weighted by Crippen LogP contribution is 2.44. The predicted octanol–water partition coefficient (Wildman–Crippen LogP) is 4.61. The molecule has 1 aromatic heterocycles. The number of rotatable bonds is 10.